The molecule has 3 rings (SSSR count). The monoisotopic (exact) mass is 348 g/mol. The van der Waals surface area contributed by atoms with Gasteiger partial charge in [0.1, 0.15) is 30.1 Å². The molecule has 1 aliphatic heterocycles. The third kappa shape index (κ3) is 3.53. The van der Waals surface area contributed by atoms with Crippen LogP contribution in [-0.2, 0) is 11.3 Å². The number of benzene rings is 1. The highest BCUT2D eigenvalue weighted by atomic mass is 35.5. The van der Waals surface area contributed by atoms with Crippen molar-refractivity contribution in [3.05, 3.63) is 40.9 Å². The molecule has 1 aromatic carbocycles. The lowest BCUT2D eigenvalue weighted by Crippen LogP contribution is -2.32. The molecule has 0 amide bonds. The summed E-state index contributed by atoms with van der Waals surface area (Å²) in [6.45, 7) is 7.97. The Balaban J connectivity index is 2.07. The van der Waals surface area contributed by atoms with Gasteiger partial charge in [0.15, 0.2) is 0 Å². The van der Waals surface area contributed by atoms with Crippen molar-refractivity contribution >= 4 is 17.4 Å². The Morgan fingerprint density at radius 1 is 1.42 bits per heavy atom. The molecular formula is C17H21ClN4O2. The Morgan fingerprint density at radius 3 is 2.88 bits per heavy atom. The highest BCUT2D eigenvalue weighted by Crippen LogP contribution is 2.36. The molecule has 0 aliphatic carbocycles. The van der Waals surface area contributed by atoms with E-state index in [1.165, 1.54) is 11.0 Å². The number of fused-ring (bicyclic) bond motifs is 1. The van der Waals surface area contributed by atoms with Gasteiger partial charge in [0.2, 0.25) is 5.84 Å². The highest BCUT2D eigenvalue weighted by molar-refractivity contribution is 6.34. The minimum Gasteiger partial charge on any atom is -0.488 e. The third-order valence-corrected chi connectivity index (χ3v) is 4.07. The van der Waals surface area contributed by atoms with Crippen LogP contribution in [0.15, 0.2) is 29.9 Å². The van der Waals surface area contributed by atoms with Crippen molar-refractivity contribution in [3.63, 3.8) is 0 Å². The number of rotatable bonds is 3. The van der Waals surface area contributed by atoms with Gasteiger partial charge in [-0.15, -0.1) is 0 Å². The van der Waals surface area contributed by atoms with Crippen LogP contribution >= 0.6 is 11.6 Å². The number of hydrogen-bond acceptors (Lipinski definition) is 5. The fraction of sp³-hybridized carbons (Fsp3) is 0.471. The fourth-order valence-corrected chi connectivity index (χ4v) is 2.80. The van der Waals surface area contributed by atoms with Crippen LogP contribution in [0.25, 0.3) is 0 Å². The summed E-state index contributed by atoms with van der Waals surface area (Å²) in [5.74, 6) is 1.30. The zero-order chi connectivity index (χ0) is 17.3. The van der Waals surface area contributed by atoms with Crippen LogP contribution in [0.2, 0.25) is 5.02 Å². The lowest BCUT2D eigenvalue weighted by atomic mass is 9.93. The first-order valence-corrected chi connectivity index (χ1v) is 8.34. The number of ether oxygens (including phenoxy) is 1. The average molecular weight is 349 g/mol. The zero-order valence-corrected chi connectivity index (χ0v) is 15.0. The van der Waals surface area contributed by atoms with Gasteiger partial charge in [0, 0.05) is 5.56 Å². The van der Waals surface area contributed by atoms with E-state index < -0.39 is 0 Å². The molecule has 1 aromatic heterocycles. The molecule has 7 heteroatoms. The van der Waals surface area contributed by atoms with Crippen molar-refractivity contribution in [2.45, 2.75) is 52.2 Å². The lowest BCUT2D eigenvalue weighted by molar-refractivity contribution is 0.0841. The van der Waals surface area contributed by atoms with Gasteiger partial charge < -0.3 is 9.57 Å². The molecule has 0 N–H and O–H groups in total. The first kappa shape index (κ1) is 16.8. The molecule has 0 saturated heterocycles. The number of aryl methyl sites for hydroxylation is 1. The quantitative estimate of drug-likeness (QED) is 0.482. The molecule has 0 saturated carbocycles. The van der Waals surface area contributed by atoms with E-state index in [9.17, 15) is 0 Å². The number of hydrogen-bond donors (Lipinski definition) is 0. The van der Waals surface area contributed by atoms with Crippen molar-refractivity contribution in [1.82, 2.24) is 14.8 Å². The largest absolute Gasteiger partial charge is 0.488 e. The second-order valence-corrected chi connectivity index (χ2v) is 7.12. The van der Waals surface area contributed by atoms with Crippen molar-refractivity contribution in [2.75, 3.05) is 0 Å². The predicted octanol–water partition coefficient (Wildman–Crippen LogP) is 3.67. The van der Waals surface area contributed by atoms with Crippen molar-refractivity contribution in [2.24, 2.45) is 5.16 Å². The van der Waals surface area contributed by atoms with Crippen LogP contribution < -0.4 is 4.74 Å². The molecule has 2 aromatic rings. The molecule has 0 fully saturated rings. The van der Waals surface area contributed by atoms with E-state index in [0.717, 1.165) is 24.2 Å². The van der Waals surface area contributed by atoms with Gasteiger partial charge in [0.05, 0.1) is 5.02 Å². The molecular weight excluding hydrogens is 328 g/mol. The summed E-state index contributed by atoms with van der Waals surface area (Å²) in [5.41, 5.74) is 1.60. The molecule has 0 radical (unpaired) electrons. The number of aromatic nitrogens is 3. The molecule has 24 heavy (non-hydrogen) atoms. The maximum atomic E-state index is 6.51. The summed E-state index contributed by atoms with van der Waals surface area (Å²) < 4.78 is 7.64. The minimum absolute atomic E-state index is 0.0601. The second-order valence-electron chi connectivity index (χ2n) is 6.71. The Hall–Kier alpha value is -2.08. The van der Waals surface area contributed by atoms with Gasteiger partial charge in [-0.05, 0) is 58.2 Å². The average Bonchev–Trinajstić information content (AvgIpc) is 3.01. The second kappa shape index (κ2) is 6.43. The van der Waals surface area contributed by atoms with E-state index in [1.807, 2.05) is 26.0 Å². The van der Waals surface area contributed by atoms with Crippen molar-refractivity contribution < 1.29 is 9.57 Å². The summed E-state index contributed by atoms with van der Waals surface area (Å²) in [5, 5.41) is 8.95. The van der Waals surface area contributed by atoms with Gasteiger partial charge in [-0.2, -0.15) is 9.78 Å². The van der Waals surface area contributed by atoms with Gasteiger partial charge in [-0.1, -0.05) is 16.8 Å². The molecule has 0 atom stereocenters. The SMILES string of the molecule is CC(C)O/N=C(/c1cc2c(cc1Cl)CCC(C)(C)O2)n1cncn1. The van der Waals surface area contributed by atoms with E-state index >= 15 is 0 Å². The fourth-order valence-electron chi connectivity index (χ4n) is 2.53. The van der Waals surface area contributed by atoms with Crippen molar-refractivity contribution in [3.8, 4) is 5.75 Å². The van der Waals surface area contributed by atoms with E-state index in [4.69, 9.17) is 21.2 Å². The zero-order valence-electron chi connectivity index (χ0n) is 14.3. The molecule has 2 heterocycles. The maximum Gasteiger partial charge on any atom is 0.202 e. The van der Waals surface area contributed by atoms with Crippen LogP contribution in [0, 0.1) is 0 Å². The Morgan fingerprint density at radius 2 is 2.21 bits per heavy atom. The summed E-state index contributed by atoms with van der Waals surface area (Å²) >= 11 is 6.51. The van der Waals surface area contributed by atoms with E-state index in [2.05, 4.69) is 29.1 Å². The van der Waals surface area contributed by atoms with Gasteiger partial charge >= 0.3 is 0 Å². The van der Waals surface area contributed by atoms with Crippen LogP contribution in [0.1, 0.15) is 45.2 Å². The molecule has 6 nitrogen and oxygen atoms in total. The highest BCUT2D eigenvalue weighted by Gasteiger charge is 2.28. The molecule has 0 bridgehead atoms. The Bertz CT molecular complexity index is 754. The number of halogens is 1. The van der Waals surface area contributed by atoms with E-state index in [0.29, 0.717) is 16.4 Å². The summed E-state index contributed by atoms with van der Waals surface area (Å²) in [6, 6.07) is 3.84. The summed E-state index contributed by atoms with van der Waals surface area (Å²) in [4.78, 5) is 9.40. The molecule has 0 unspecified atom stereocenters. The van der Waals surface area contributed by atoms with Crippen LogP contribution in [-0.4, -0.2) is 32.3 Å². The maximum absolute atomic E-state index is 6.51. The van der Waals surface area contributed by atoms with Crippen molar-refractivity contribution in [1.29, 1.82) is 0 Å². The first-order valence-electron chi connectivity index (χ1n) is 7.96. The first-order chi connectivity index (χ1) is 11.4. The summed E-state index contributed by atoms with van der Waals surface area (Å²) in [7, 11) is 0. The van der Waals surface area contributed by atoms with E-state index in [1.54, 1.807) is 6.33 Å². The Labute approximate surface area is 146 Å². The predicted molar refractivity (Wildman–Crippen MR) is 92.7 cm³/mol. The smallest absolute Gasteiger partial charge is 0.202 e. The Kier molecular flexibility index (Phi) is 4.49. The molecule has 1 aliphatic rings. The molecule has 0 spiro atoms. The van der Waals surface area contributed by atoms with Gasteiger partial charge in [0.25, 0.3) is 0 Å². The van der Waals surface area contributed by atoms with Crippen LogP contribution in [0.5, 0.6) is 5.75 Å². The van der Waals surface area contributed by atoms with Gasteiger partial charge in [-0.3, -0.25) is 0 Å². The topological polar surface area (TPSA) is 61.5 Å². The van der Waals surface area contributed by atoms with Crippen LogP contribution in [0.3, 0.4) is 0 Å². The normalized spacial score (nSPS) is 16.7. The van der Waals surface area contributed by atoms with Crippen LogP contribution in [0.4, 0.5) is 0 Å². The standard InChI is InChI=1S/C17H21ClN4O2/c1-11(2)24-21-16(22-10-19-9-20-22)13-8-15-12(7-14(13)18)5-6-17(3,4)23-15/h7-11H,5-6H2,1-4H3/b21-16-. The van der Waals surface area contributed by atoms with E-state index in [-0.39, 0.29) is 11.7 Å². The number of nitrogens with zero attached hydrogens (tertiary/aromatic N) is 4. The third-order valence-electron chi connectivity index (χ3n) is 3.76. The lowest BCUT2D eigenvalue weighted by Gasteiger charge is -2.33. The summed E-state index contributed by atoms with van der Waals surface area (Å²) in [6.07, 6.45) is 4.83. The number of oxime groups is 1. The molecule has 128 valence electrons. The minimum atomic E-state index is -0.197. The van der Waals surface area contributed by atoms with Gasteiger partial charge in [-0.25, -0.2) is 4.98 Å².